The van der Waals surface area contributed by atoms with Crippen molar-refractivity contribution in [1.29, 1.82) is 0 Å². The van der Waals surface area contributed by atoms with Crippen LogP contribution in [-0.4, -0.2) is 38.8 Å². The summed E-state index contributed by atoms with van der Waals surface area (Å²) in [6.45, 7) is 7.20. The average Bonchev–Trinajstić information content (AvgIpc) is 2.58. The molecule has 0 N–H and O–H groups in total. The molecule has 158 valence electrons. The third kappa shape index (κ3) is 7.05. The standard InChI is InChI=1S/C21H32ClNO4S/c1-21(2,3)20(24)27-23-13-11-16(12-14-23)7-5-6-8-17-9-10-19(18(22)15-17)28(4,25)26/h9-10,15-16H,5-8,11-14H2,1-4H3. The molecule has 5 nitrogen and oxygen atoms in total. The second-order valence-corrected chi connectivity index (χ2v) is 11.2. The lowest BCUT2D eigenvalue weighted by Crippen LogP contribution is -2.38. The SMILES string of the molecule is CC(C)(C)C(=O)ON1CCC(CCCCc2ccc(S(C)(=O)=O)c(Cl)c2)CC1. The zero-order chi connectivity index (χ0) is 20.9. The van der Waals surface area contributed by atoms with Crippen molar-refractivity contribution in [2.75, 3.05) is 19.3 Å². The van der Waals surface area contributed by atoms with Crippen molar-refractivity contribution in [1.82, 2.24) is 5.06 Å². The van der Waals surface area contributed by atoms with Gasteiger partial charge in [0, 0.05) is 19.3 Å². The summed E-state index contributed by atoms with van der Waals surface area (Å²) in [7, 11) is -3.28. The molecule has 0 spiro atoms. The molecule has 28 heavy (non-hydrogen) atoms. The van der Waals surface area contributed by atoms with E-state index < -0.39 is 15.3 Å². The number of carbonyl (C=O) groups is 1. The molecular weight excluding hydrogens is 398 g/mol. The number of benzene rings is 1. The van der Waals surface area contributed by atoms with Gasteiger partial charge in [-0.3, -0.25) is 0 Å². The molecule has 0 radical (unpaired) electrons. The van der Waals surface area contributed by atoms with Crippen LogP contribution in [0.25, 0.3) is 0 Å². The van der Waals surface area contributed by atoms with Crippen molar-refractivity contribution >= 4 is 27.4 Å². The molecule has 7 heteroatoms. The number of hydroxylamine groups is 2. The molecule has 0 bridgehead atoms. The Hall–Kier alpha value is -1.11. The molecule has 1 aliphatic heterocycles. The van der Waals surface area contributed by atoms with Crippen LogP contribution >= 0.6 is 11.6 Å². The summed E-state index contributed by atoms with van der Waals surface area (Å²) in [4.78, 5) is 17.6. The smallest absolute Gasteiger partial charge is 0.330 e. The number of piperidine rings is 1. The summed E-state index contributed by atoms with van der Waals surface area (Å²) >= 11 is 6.11. The van der Waals surface area contributed by atoms with Crippen LogP contribution in [0.2, 0.25) is 5.02 Å². The Morgan fingerprint density at radius 2 is 1.86 bits per heavy atom. The molecule has 1 fully saturated rings. The minimum atomic E-state index is -3.28. The largest absolute Gasteiger partial charge is 0.367 e. The van der Waals surface area contributed by atoms with Crippen molar-refractivity contribution < 1.29 is 18.0 Å². The van der Waals surface area contributed by atoms with Crippen LogP contribution in [0.15, 0.2) is 23.1 Å². The van der Waals surface area contributed by atoms with E-state index in [-0.39, 0.29) is 10.9 Å². The van der Waals surface area contributed by atoms with Crippen LogP contribution < -0.4 is 0 Å². The van der Waals surface area contributed by atoms with Crippen molar-refractivity contribution in [2.24, 2.45) is 11.3 Å². The maximum absolute atomic E-state index is 12.0. The summed E-state index contributed by atoms with van der Waals surface area (Å²) in [5, 5.41) is 2.10. The first-order valence-corrected chi connectivity index (χ1v) is 12.2. The molecule has 1 aromatic rings. The van der Waals surface area contributed by atoms with Gasteiger partial charge in [-0.15, -0.1) is 5.06 Å². The van der Waals surface area contributed by atoms with Crippen molar-refractivity contribution in [3.05, 3.63) is 28.8 Å². The Labute approximate surface area is 174 Å². The summed E-state index contributed by atoms with van der Waals surface area (Å²) in [5.41, 5.74) is 0.598. The second-order valence-electron chi connectivity index (χ2n) is 8.78. The molecule has 0 saturated carbocycles. The van der Waals surface area contributed by atoms with E-state index in [1.165, 1.54) is 6.26 Å². The Bertz CT molecular complexity index is 778. The highest BCUT2D eigenvalue weighted by molar-refractivity contribution is 7.90. The zero-order valence-electron chi connectivity index (χ0n) is 17.3. The number of unbranched alkanes of at least 4 members (excludes halogenated alkanes) is 1. The molecule has 2 rings (SSSR count). The number of carbonyl (C=O) groups excluding carboxylic acids is 1. The van der Waals surface area contributed by atoms with E-state index in [2.05, 4.69) is 0 Å². The van der Waals surface area contributed by atoms with E-state index in [1.807, 2.05) is 26.8 Å². The number of hydrogen-bond donors (Lipinski definition) is 0. The number of nitrogens with zero attached hydrogens (tertiary/aromatic N) is 1. The van der Waals surface area contributed by atoms with Crippen LogP contribution in [-0.2, 0) is 25.9 Å². The van der Waals surface area contributed by atoms with Crippen molar-refractivity contribution in [3.63, 3.8) is 0 Å². The normalized spacial score (nSPS) is 16.9. The fraction of sp³-hybridized carbons (Fsp3) is 0.667. The minimum absolute atomic E-state index is 0.175. The summed E-state index contributed by atoms with van der Waals surface area (Å²) in [5.74, 6) is 0.493. The van der Waals surface area contributed by atoms with Gasteiger partial charge < -0.3 is 4.84 Å². The number of halogens is 1. The van der Waals surface area contributed by atoms with Crippen molar-refractivity contribution in [2.45, 2.75) is 64.2 Å². The fourth-order valence-corrected chi connectivity index (χ4v) is 4.66. The van der Waals surface area contributed by atoms with Gasteiger partial charge in [-0.1, -0.05) is 30.5 Å². The summed E-state index contributed by atoms with van der Waals surface area (Å²) in [6.07, 6.45) is 7.50. The lowest BCUT2D eigenvalue weighted by molar-refractivity contribution is -0.206. The highest BCUT2D eigenvalue weighted by atomic mass is 35.5. The maximum Gasteiger partial charge on any atom is 0.330 e. The molecule has 1 heterocycles. The van der Waals surface area contributed by atoms with Gasteiger partial charge in [0.05, 0.1) is 15.3 Å². The zero-order valence-corrected chi connectivity index (χ0v) is 18.9. The third-order valence-electron chi connectivity index (χ3n) is 5.12. The molecule has 0 amide bonds. The molecule has 0 unspecified atom stereocenters. The van der Waals surface area contributed by atoms with Gasteiger partial charge in [0.1, 0.15) is 0 Å². The molecule has 1 aromatic carbocycles. The quantitative estimate of drug-likeness (QED) is 0.589. The first-order valence-electron chi connectivity index (χ1n) is 9.92. The lowest BCUT2D eigenvalue weighted by atomic mass is 9.91. The number of rotatable bonds is 7. The highest BCUT2D eigenvalue weighted by Gasteiger charge is 2.28. The van der Waals surface area contributed by atoms with Gasteiger partial charge in [0.25, 0.3) is 0 Å². The predicted octanol–water partition coefficient (Wildman–Crippen LogP) is 4.67. The van der Waals surface area contributed by atoms with Crippen molar-refractivity contribution in [3.8, 4) is 0 Å². The van der Waals surface area contributed by atoms with Crippen LogP contribution in [0.5, 0.6) is 0 Å². The highest BCUT2D eigenvalue weighted by Crippen LogP contribution is 2.26. The van der Waals surface area contributed by atoms with Gasteiger partial charge in [-0.05, 0) is 70.1 Å². The van der Waals surface area contributed by atoms with Crippen LogP contribution in [0.4, 0.5) is 0 Å². The molecular formula is C21H32ClNO4S. The van der Waals surface area contributed by atoms with Gasteiger partial charge in [0.15, 0.2) is 9.84 Å². The van der Waals surface area contributed by atoms with E-state index in [9.17, 15) is 13.2 Å². The lowest BCUT2D eigenvalue weighted by Gasteiger charge is -2.32. The van der Waals surface area contributed by atoms with E-state index in [0.717, 1.165) is 57.2 Å². The van der Waals surface area contributed by atoms with Gasteiger partial charge in [-0.2, -0.15) is 0 Å². The molecule has 1 saturated heterocycles. The number of aryl methyl sites for hydroxylation is 1. The Kier molecular flexibility index (Phi) is 7.94. The second kappa shape index (κ2) is 9.59. The fourth-order valence-electron chi connectivity index (χ4n) is 3.31. The van der Waals surface area contributed by atoms with E-state index >= 15 is 0 Å². The topological polar surface area (TPSA) is 63.7 Å². The molecule has 0 atom stereocenters. The van der Waals surface area contributed by atoms with Crippen LogP contribution in [0.1, 0.15) is 58.4 Å². The molecule has 0 aliphatic carbocycles. The van der Waals surface area contributed by atoms with E-state index in [4.69, 9.17) is 16.4 Å². The third-order valence-corrected chi connectivity index (χ3v) is 6.70. The summed E-state index contributed by atoms with van der Waals surface area (Å²) < 4.78 is 23.2. The van der Waals surface area contributed by atoms with E-state index in [1.54, 1.807) is 17.2 Å². The monoisotopic (exact) mass is 429 g/mol. The average molecular weight is 430 g/mol. The number of hydrogen-bond acceptors (Lipinski definition) is 5. The van der Waals surface area contributed by atoms with Gasteiger partial charge >= 0.3 is 5.97 Å². The van der Waals surface area contributed by atoms with E-state index in [0.29, 0.717) is 10.9 Å². The summed E-state index contributed by atoms with van der Waals surface area (Å²) in [6, 6.07) is 5.21. The maximum atomic E-state index is 12.0. The number of sulfone groups is 1. The van der Waals surface area contributed by atoms with Gasteiger partial charge in [0.2, 0.25) is 0 Å². The van der Waals surface area contributed by atoms with Crippen LogP contribution in [0, 0.1) is 11.3 Å². The minimum Gasteiger partial charge on any atom is -0.367 e. The Morgan fingerprint density at radius 3 is 2.39 bits per heavy atom. The molecule has 0 aromatic heterocycles. The van der Waals surface area contributed by atoms with Crippen LogP contribution in [0.3, 0.4) is 0 Å². The van der Waals surface area contributed by atoms with Gasteiger partial charge in [-0.25, -0.2) is 13.2 Å². The Balaban J connectivity index is 1.69. The Morgan fingerprint density at radius 1 is 1.21 bits per heavy atom. The molecule has 1 aliphatic rings. The first-order chi connectivity index (χ1) is 13.0. The predicted molar refractivity (Wildman–Crippen MR) is 112 cm³/mol. The first kappa shape index (κ1) is 23.2.